The number of halogens is 2. The number of ether oxygens (including phenoxy) is 1. The molecule has 0 aliphatic heterocycles. The summed E-state index contributed by atoms with van der Waals surface area (Å²) in [4.78, 5) is 24.5. The van der Waals surface area contributed by atoms with Crippen molar-refractivity contribution < 1.29 is 27.1 Å². The molecule has 1 N–H and O–H groups in total. The van der Waals surface area contributed by atoms with Gasteiger partial charge in [0.05, 0.1) is 4.90 Å². The van der Waals surface area contributed by atoms with Crippen LogP contribution >= 0.6 is 11.6 Å². The summed E-state index contributed by atoms with van der Waals surface area (Å²) in [5.41, 5.74) is -2.38. The van der Waals surface area contributed by atoms with Crippen molar-refractivity contribution in [1.82, 2.24) is 5.32 Å². The summed E-state index contributed by atoms with van der Waals surface area (Å²) >= 11 is 5.85. The molecule has 1 saturated carbocycles. The summed E-state index contributed by atoms with van der Waals surface area (Å²) in [6, 6.07) is 10.8. The maximum absolute atomic E-state index is 13.8. The molecule has 3 atom stereocenters. The highest BCUT2D eigenvalue weighted by molar-refractivity contribution is 7.92. The standard InChI is InChI=1S/C21H21ClFNO5S/c1-20(2,3)29-19(26)24-21(12-25)17(13-5-4-6-15(23)11-13)18(21)30(27,28)16-9-7-14(22)8-10-16/h4-12,17-18H,1-3H3,(H,24,26)/t17-,18+,21-/m1/s1. The molecule has 0 aromatic heterocycles. The summed E-state index contributed by atoms with van der Waals surface area (Å²) in [6.45, 7) is 4.91. The molecule has 0 radical (unpaired) electrons. The quantitative estimate of drug-likeness (QED) is 0.694. The topological polar surface area (TPSA) is 89.5 Å². The van der Waals surface area contributed by atoms with E-state index >= 15 is 0 Å². The largest absolute Gasteiger partial charge is 0.444 e. The van der Waals surface area contributed by atoms with Gasteiger partial charge >= 0.3 is 6.09 Å². The fraction of sp³-hybridized carbons (Fsp3) is 0.333. The third-order valence-corrected chi connectivity index (χ3v) is 7.29. The SMILES string of the molecule is CC(C)(C)OC(=O)N[C@]1(C=O)[C@H](c2cccc(F)c2)[C@@H]1S(=O)(=O)c1ccc(Cl)cc1. The van der Waals surface area contributed by atoms with E-state index in [4.69, 9.17) is 16.3 Å². The van der Waals surface area contributed by atoms with Crippen LogP contribution in [0.25, 0.3) is 0 Å². The average Bonchev–Trinajstić information content (AvgIpc) is 3.30. The lowest BCUT2D eigenvalue weighted by molar-refractivity contribution is -0.110. The summed E-state index contributed by atoms with van der Waals surface area (Å²) in [5.74, 6) is -1.57. The fourth-order valence-corrected chi connectivity index (χ4v) is 5.90. The zero-order chi connectivity index (χ0) is 22.3. The Bertz CT molecular complexity index is 1080. The van der Waals surface area contributed by atoms with E-state index in [-0.39, 0.29) is 10.5 Å². The van der Waals surface area contributed by atoms with Gasteiger partial charge in [0.1, 0.15) is 28.5 Å². The Morgan fingerprint density at radius 1 is 1.20 bits per heavy atom. The van der Waals surface area contributed by atoms with Gasteiger partial charge in [0.2, 0.25) is 0 Å². The number of carbonyl (C=O) groups is 2. The molecular formula is C21H21ClFNO5S. The number of aldehydes is 1. The Balaban J connectivity index is 2.06. The third-order valence-electron chi connectivity index (χ3n) is 4.78. The molecule has 1 amide bonds. The van der Waals surface area contributed by atoms with Crippen molar-refractivity contribution in [2.75, 3.05) is 0 Å². The van der Waals surface area contributed by atoms with E-state index in [1.54, 1.807) is 20.8 Å². The average molecular weight is 454 g/mol. The van der Waals surface area contributed by atoms with Gasteiger partial charge in [-0.1, -0.05) is 23.7 Å². The lowest BCUT2D eigenvalue weighted by Crippen LogP contribution is -2.45. The van der Waals surface area contributed by atoms with Crippen LogP contribution in [-0.2, 0) is 19.4 Å². The highest BCUT2D eigenvalue weighted by atomic mass is 35.5. The van der Waals surface area contributed by atoms with Gasteiger partial charge in [-0.25, -0.2) is 17.6 Å². The van der Waals surface area contributed by atoms with Gasteiger partial charge in [0.25, 0.3) is 0 Å². The number of benzene rings is 2. The number of amides is 1. The van der Waals surface area contributed by atoms with Crippen LogP contribution < -0.4 is 5.32 Å². The first-order valence-electron chi connectivity index (χ1n) is 9.13. The molecule has 0 heterocycles. The Morgan fingerprint density at radius 3 is 2.37 bits per heavy atom. The second-order valence-electron chi connectivity index (χ2n) is 8.13. The van der Waals surface area contributed by atoms with E-state index in [2.05, 4.69) is 5.32 Å². The van der Waals surface area contributed by atoms with Crippen LogP contribution in [0.4, 0.5) is 9.18 Å². The molecule has 0 bridgehead atoms. The van der Waals surface area contributed by atoms with Crippen molar-refractivity contribution >= 4 is 33.8 Å². The zero-order valence-corrected chi connectivity index (χ0v) is 18.1. The molecule has 2 aromatic carbocycles. The van der Waals surface area contributed by atoms with Gasteiger partial charge in [-0.15, -0.1) is 0 Å². The predicted molar refractivity (Wildman–Crippen MR) is 110 cm³/mol. The molecule has 2 aromatic rings. The Hall–Kier alpha value is -2.45. The Morgan fingerprint density at radius 2 is 1.83 bits per heavy atom. The zero-order valence-electron chi connectivity index (χ0n) is 16.6. The normalized spacial score (nSPS) is 23.5. The molecule has 0 saturated heterocycles. The molecule has 30 heavy (non-hydrogen) atoms. The van der Waals surface area contributed by atoms with Crippen molar-refractivity contribution in [3.8, 4) is 0 Å². The minimum Gasteiger partial charge on any atom is -0.444 e. The molecule has 160 valence electrons. The van der Waals surface area contributed by atoms with Crippen molar-refractivity contribution in [2.45, 2.75) is 48.0 Å². The maximum Gasteiger partial charge on any atom is 0.408 e. The van der Waals surface area contributed by atoms with Gasteiger partial charge in [-0.2, -0.15) is 0 Å². The van der Waals surface area contributed by atoms with Gasteiger partial charge in [-0.3, -0.25) is 0 Å². The number of alkyl carbamates (subject to hydrolysis) is 1. The van der Waals surface area contributed by atoms with E-state index in [0.29, 0.717) is 11.3 Å². The second kappa shape index (κ2) is 7.67. The molecule has 1 aliphatic rings. The lowest BCUT2D eigenvalue weighted by atomic mass is 10.1. The first-order chi connectivity index (χ1) is 13.9. The monoisotopic (exact) mass is 453 g/mol. The van der Waals surface area contributed by atoms with E-state index < -0.39 is 44.1 Å². The Kier molecular flexibility index (Phi) is 5.68. The minimum atomic E-state index is -4.08. The maximum atomic E-state index is 13.8. The van der Waals surface area contributed by atoms with E-state index in [9.17, 15) is 22.4 Å². The molecule has 0 spiro atoms. The summed E-state index contributed by atoms with van der Waals surface area (Å²) in [6.07, 6.45) is -0.560. The molecule has 6 nitrogen and oxygen atoms in total. The molecular weight excluding hydrogens is 433 g/mol. The minimum absolute atomic E-state index is 0.0620. The van der Waals surface area contributed by atoms with Gasteiger partial charge < -0.3 is 14.8 Å². The smallest absolute Gasteiger partial charge is 0.408 e. The van der Waals surface area contributed by atoms with Crippen LogP contribution in [0, 0.1) is 5.82 Å². The molecule has 1 fully saturated rings. The number of carbonyl (C=O) groups excluding carboxylic acids is 2. The number of hydrogen-bond acceptors (Lipinski definition) is 5. The highest BCUT2D eigenvalue weighted by Gasteiger charge is 2.73. The Labute approximate surface area is 179 Å². The third kappa shape index (κ3) is 4.20. The first-order valence-corrected chi connectivity index (χ1v) is 11.1. The molecule has 1 aliphatic carbocycles. The summed E-state index contributed by atoms with van der Waals surface area (Å²) in [5, 5.41) is 1.43. The number of sulfone groups is 1. The van der Waals surface area contributed by atoms with Crippen LogP contribution in [0.15, 0.2) is 53.4 Å². The van der Waals surface area contributed by atoms with E-state index in [0.717, 1.165) is 6.07 Å². The second-order valence-corrected chi connectivity index (χ2v) is 10.6. The number of hydrogen-bond donors (Lipinski definition) is 1. The highest BCUT2D eigenvalue weighted by Crippen LogP contribution is 2.56. The van der Waals surface area contributed by atoms with Crippen molar-refractivity contribution in [2.24, 2.45) is 0 Å². The van der Waals surface area contributed by atoms with Crippen molar-refractivity contribution in [1.29, 1.82) is 0 Å². The summed E-state index contributed by atoms with van der Waals surface area (Å²) < 4.78 is 45.7. The van der Waals surface area contributed by atoms with Crippen LogP contribution in [0.1, 0.15) is 32.3 Å². The fourth-order valence-electron chi connectivity index (χ4n) is 3.53. The molecule has 9 heteroatoms. The van der Waals surface area contributed by atoms with Gasteiger partial charge in [0, 0.05) is 10.9 Å². The van der Waals surface area contributed by atoms with Crippen LogP contribution in [-0.4, -0.2) is 37.2 Å². The van der Waals surface area contributed by atoms with Gasteiger partial charge in [0.15, 0.2) is 9.84 Å². The van der Waals surface area contributed by atoms with E-state index in [1.165, 1.54) is 42.5 Å². The first kappa shape index (κ1) is 22.2. The lowest BCUT2D eigenvalue weighted by Gasteiger charge is -2.22. The predicted octanol–water partition coefficient (Wildman–Crippen LogP) is 3.88. The number of rotatable bonds is 5. The molecule has 3 rings (SSSR count). The molecule has 0 unspecified atom stereocenters. The van der Waals surface area contributed by atoms with E-state index in [1.807, 2.05) is 0 Å². The van der Waals surface area contributed by atoms with Crippen LogP contribution in [0.3, 0.4) is 0 Å². The van der Waals surface area contributed by atoms with Crippen LogP contribution in [0.5, 0.6) is 0 Å². The van der Waals surface area contributed by atoms with Crippen molar-refractivity contribution in [3.05, 3.63) is 64.9 Å². The van der Waals surface area contributed by atoms with Gasteiger partial charge in [-0.05, 0) is 62.7 Å². The van der Waals surface area contributed by atoms with Crippen molar-refractivity contribution in [3.63, 3.8) is 0 Å². The number of nitrogens with one attached hydrogen (secondary N) is 1. The summed E-state index contributed by atoms with van der Waals surface area (Å²) in [7, 11) is -4.08. The van der Waals surface area contributed by atoms with Crippen LogP contribution in [0.2, 0.25) is 5.02 Å².